The average molecular weight is 303 g/mol. The second-order valence-electron chi connectivity index (χ2n) is 3.85. The van der Waals surface area contributed by atoms with Crippen molar-refractivity contribution in [2.75, 3.05) is 12.5 Å². The second kappa shape index (κ2) is 7.15. The summed E-state index contributed by atoms with van der Waals surface area (Å²) < 4.78 is 5.02. The Kier molecular flexibility index (Phi) is 4.99. The molecule has 2 rings (SSSR count). The topological polar surface area (TPSA) is 88.2 Å². The molecular weight excluding hydrogens is 290 g/mol. The van der Waals surface area contributed by atoms with E-state index in [0.717, 1.165) is 0 Å². The highest BCUT2D eigenvalue weighted by Gasteiger charge is 2.07. The number of ether oxygens (including phenoxy) is 1. The number of anilines is 1. The fourth-order valence-corrected chi connectivity index (χ4v) is 1.58. The van der Waals surface area contributed by atoms with Crippen molar-refractivity contribution in [2.45, 2.75) is 0 Å². The van der Waals surface area contributed by atoms with Crippen molar-refractivity contribution >= 4 is 29.1 Å². The molecule has 0 saturated heterocycles. The van der Waals surface area contributed by atoms with Gasteiger partial charge in [-0.2, -0.15) is 0 Å². The van der Waals surface area contributed by atoms with Gasteiger partial charge in [0.2, 0.25) is 0 Å². The number of hydrogen-bond donors (Lipinski definition) is 3. The normalized spacial score (nSPS) is 9.57. The van der Waals surface area contributed by atoms with Crippen molar-refractivity contribution < 1.29 is 9.53 Å². The minimum Gasteiger partial charge on any atom is -0.497 e. The highest BCUT2D eigenvalue weighted by Crippen LogP contribution is 2.10. The van der Waals surface area contributed by atoms with Crippen LogP contribution in [0.15, 0.2) is 42.9 Å². The summed E-state index contributed by atoms with van der Waals surface area (Å²) in [6.07, 6.45) is 4.60. The molecule has 0 atom stereocenters. The summed E-state index contributed by atoms with van der Waals surface area (Å²) >= 11 is 5.00. The Hall–Kier alpha value is -2.74. The summed E-state index contributed by atoms with van der Waals surface area (Å²) in [6.45, 7) is 0. The van der Waals surface area contributed by atoms with Crippen LogP contribution < -0.4 is 20.9 Å². The van der Waals surface area contributed by atoms with Crippen LogP contribution in [0.3, 0.4) is 0 Å². The van der Waals surface area contributed by atoms with Crippen LogP contribution in [-0.4, -0.2) is 28.1 Å². The molecule has 0 aliphatic carbocycles. The third-order valence-electron chi connectivity index (χ3n) is 2.45. The Morgan fingerprint density at radius 1 is 1.24 bits per heavy atom. The second-order valence-corrected chi connectivity index (χ2v) is 4.26. The van der Waals surface area contributed by atoms with Crippen molar-refractivity contribution in [1.82, 2.24) is 20.7 Å². The van der Waals surface area contributed by atoms with E-state index in [1.807, 2.05) is 0 Å². The van der Waals surface area contributed by atoms with Crippen LogP contribution >= 0.6 is 12.2 Å². The monoisotopic (exact) mass is 303 g/mol. The fraction of sp³-hybridized carbons (Fsp3) is 0.0769. The number of nitrogens with one attached hydrogen (secondary N) is 3. The number of aromatic nitrogens is 2. The Bertz CT molecular complexity index is 618. The van der Waals surface area contributed by atoms with Gasteiger partial charge < -0.3 is 4.74 Å². The number of carbonyl (C=O) groups excluding carboxylic acids is 1. The maximum atomic E-state index is 11.9. The van der Waals surface area contributed by atoms with E-state index in [-0.39, 0.29) is 11.0 Å². The summed E-state index contributed by atoms with van der Waals surface area (Å²) in [5.41, 5.74) is 5.84. The molecule has 8 heteroatoms. The molecule has 0 aliphatic rings. The molecule has 0 radical (unpaired) electrons. The molecule has 0 unspecified atom stereocenters. The first-order chi connectivity index (χ1) is 10.2. The number of hydrogen-bond acceptors (Lipinski definition) is 6. The van der Waals surface area contributed by atoms with Gasteiger partial charge in [-0.1, -0.05) is 0 Å². The van der Waals surface area contributed by atoms with Crippen molar-refractivity contribution in [3.8, 4) is 5.75 Å². The zero-order valence-corrected chi connectivity index (χ0v) is 12.0. The van der Waals surface area contributed by atoms with E-state index >= 15 is 0 Å². The minimum atomic E-state index is -0.323. The van der Waals surface area contributed by atoms with Crippen LogP contribution in [0, 0.1) is 0 Å². The first-order valence-electron chi connectivity index (χ1n) is 5.96. The molecule has 2 aromatic rings. The maximum Gasteiger partial charge on any atom is 0.257 e. The highest BCUT2D eigenvalue weighted by molar-refractivity contribution is 7.80. The molecule has 1 aromatic heterocycles. The van der Waals surface area contributed by atoms with E-state index in [4.69, 9.17) is 17.0 Å². The molecule has 21 heavy (non-hydrogen) atoms. The predicted molar refractivity (Wildman–Crippen MR) is 81.8 cm³/mol. The van der Waals surface area contributed by atoms with Crippen molar-refractivity contribution in [3.63, 3.8) is 0 Å². The van der Waals surface area contributed by atoms with Gasteiger partial charge in [-0.3, -0.25) is 25.9 Å². The Morgan fingerprint density at radius 3 is 2.62 bits per heavy atom. The zero-order valence-electron chi connectivity index (χ0n) is 11.2. The smallest absolute Gasteiger partial charge is 0.257 e. The van der Waals surface area contributed by atoms with Gasteiger partial charge in [0.1, 0.15) is 5.75 Å². The van der Waals surface area contributed by atoms with Gasteiger partial charge in [-0.25, -0.2) is 4.98 Å². The Balaban J connectivity index is 1.85. The van der Waals surface area contributed by atoms with Crippen LogP contribution in [0.2, 0.25) is 0 Å². The SMILES string of the molecule is COc1ccc(C(=O)NC(=S)NNc2cnccn2)cc1. The van der Waals surface area contributed by atoms with E-state index in [9.17, 15) is 4.79 Å². The molecule has 0 spiro atoms. The van der Waals surface area contributed by atoms with Crippen LogP contribution in [0.4, 0.5) is 5.82 Å². The summed E-state index contributed by atoms with van der Waals surface area (Å²) in [5, 5.41) is 2.66. The minimum absolute atomic E-state index is 0.126. The lowest BCUT2D eigenvalue weighted by Gasteiger charge is -2.10. The van der Waals surface area contributed by atoms with Crippen molar-refractivity contribution in [1.29, 1.82) is 0 Å². The van der Waals surface area contributed by atoms with Gasteiger partial charge in [0.25, 0.3) is 5.91 Å². The van der Waals surface area contributed by atoms with Crippen molar-refractivity contribution in [3.05, 3.63) is 48.4 Å². The number of rotatable bonds is 4. The first-order valence-corrected chi connectivity index (χ1v) is 6.37. The average Bonchev–Trinajstić information content (AvgIpc) is 2.54. The van der Waals surface area contributed by atoms with Gasteiger partial charge in [-0.15, -0.1) is 0 Å². The van der Waals surface area contributed by atoms with Crippen LogP contribution in [0.1, 0.15) is 10.4 Å². The van der Waals surface area contributed by atoms with E-state index in [1.165, 1.54) is 12.4 Å². The number of hydrazine groups is 1. The molecule has 108 valence electrons. The van der Waals surface area contributed by atoms with Crippen LogP contribution in [0.25, 0.3) is 0 Å². The molecular formula is C13H13N5O2S. The largest absolute Gasteiger partial charge is 0.497 e. The van der Waals surface area contributed by atoms with Gasteiger partial charge in [-0.05, 0) is 36.5 Å². The van der Waals surface area contributed by atoms with E-state index in [2.05, 4.69) is 26.1 Å². The van der Waals surface area contributed by atoms with Gasteiger partial charge >= 0.3 is 0 Å². The lowest BCUT2D eigenvalue weighted by Crippen LogP contribution is -2.42. The Morgan fingerprint density at radius 2 is 2.00 bits per heavy atom. The summed E-state index contributed by atoms with van der Waals surface area (Å²) in [6, 6.07) is 6.69. The molecule has 0 fully saturated rings. The number of benzene rings is 1. The quantitative estimate of drug-likeness (QED) is 0.576. The Labute approximate surface area is 126 Å². The standard InChI is InChI=1S/C13H13N5O2S/c1-20-10-4-2-9(3-5-10)12(19)16-13(21)18-17-11-8-14-6-7-15-11/h2-8H,1H3,(H,15,17)(H2,16,18,19,21). The fourth-order valence-electron chi connectivity index (χ4n) is 1.43. The van der Waals surface area contributed by atoms with Crippen LogP contribution in [0.5, 0.6) is 5.75 Å². The van der Waals surface area contributed by atoms with Crippen molar-refractivity contribution in [2.24, 2.45) is 0 Å². The molecule has 0 aliphatic heterocycles. The third kappa shape index (κ3) is 4.39. The molecule has 0 bridgehead atoms. The molecule has 1 amide bonds. The molecule has 1 aromatic carbocycles. The first kappa shape index (κ1) is 14.7. The molecule has 3 N–H and O–H groups in total. The molecule has 0 saturated carbocycles. The zero-order chi connectivity index (χ0) is 15.1. The summed E-state index contributed by atoms with van der Waals surface area (Å²) in [7, 11) is 1.56. The highest BCUT2D eigenvalue weighted by atomic mass is 32.1. The number of methoxy groups -OCH3 is 1. The number of amides is 1. The van der Waals surface area contributed by atoms with E-state index in [0.29, 0.717) is 17.1 Å². The van der Waals surface area contributed by atoms with E-state index < -0.39 is 0 Å². The lowest BCUT2D eigenvalue weighted by molar-refractivity contribution is 0.0977. The number of thiocarbonyl (C=S) groups is 1. The van der Waals surface area contributed by atoms with E-state index in [1.54, 1.807) is 37.6 Å². The third-order valence-corrected chi connectivity index (χ3v) is 2.65. The molecule has 1 heterocycles. The predicted octanol–water partition coefficient (Wildman–Crippen LogP) is 1.12. The number of nitrogens with zero attached hydrogens (tertiary/aromatic N) is 2. The van der Waals surface area contributed by atoms with Gasteiger partial charge in [0.15, 0.2) is 10.9 Å². The van der Waals surface area contributed by atoms with Crippen LogP contribution in [-0.2, 0) is 0 Å². The molecule has 7 nitrogen and oxygen atoms in total. The maximum absolute atomic E-state index is 11.9. The summed E-state index contributed by atoms with van der Waals surface area (Å²) in [5.74, 6) is 0.839. The van der Waals surface area contributed by atoms with Gasteiger partial charge in [0, 0.05) is 18.0 Å². The lowest BCUT2D eigenvalue weighted by atomic mass is 10.2. The number of carbonyl (C=O) groups is 1. The van der Waals surface area contributed by atoms with Gasteiger partial charge in [0.05, 0.1) is 13.3 Å². The summed E-state index contributed by atoms with van der Waals surface area (Å²) in [4.78, 5) is 19.8.